The van der Waals surface area contributed by atoms with Gasteiger partial charge in [-0.2, -0.15) is 0 Å². The van der Waals surface area contributed by atoms with Gasteiger partial charge in [0.15, 0.2) is 0 Å². The van der Waals surface area contributed by atoms with E-state index in [1.807, 2.05) is 0 Å². The molecule has 0 saturated heterocycles. The number of halogens is 3. The van der Waals surface area contributed by atoms with Gasteiger partial charge in [-0.15, -0.1) is 0 Å². The minimum Gasteiger partial charge on any atom is -0.460 e. The third-order valence-electron chi connectivity index (χ3n) is 3.59. The lowest BCUT2D eigenvalue weighted by molar-refractivity contribution is 0.531. The Hall–Kier alpha value is -2.01. The number of hydrogen-bond acceptors (Lipinski definition) is 2. The molecule has 118 valence electrons. The van der Waals surface area contributed by atoms with Crippen LogP contribution in [-0.4, -0.2) is 5.33 Å². The smallest absolute Gasteiger partial charge is 0.203 e. The predicted molar refractivity (Wildman–Crippen MR) is 90.0 cm³/mol. The van der Waals surface area contributed by atoms with Gasteiger partial charge in [0.05, 0.1) is 5.56 Å². The van der Waals surface area contributed by atoms with E-state index >= 15 is 0 Å². The zero-order chi connectivity index (χ0) is 16.4. The zero-order valence-electron chi connectivity index (χ0n) is 12.1. The van der Waals surface area contributed by atoms with Crippen molar-refractivity contribution in [3.8, 4) is 11.1 Å². The van der Waals surface area contributed by atoms with Crippen LogP contribution in [0.25, 0.3) is 22.1 Å². The summed E-state index contributed by atoms with van der Waals surface area (Å²) in [6.07, 6.45) is 1.24. The molecule has 3 rings (SSSR count). The Labute approximate surface area is 139 Å². The molecule has 0 aliphatic rings. The van der Waals surface area contributed by atoms with Gasteiger partial charge in [-0.05, 0) is 36.2 Å². The Balaban J connectivity index is 2.34. The lowest BCUT2D eigenvalue weighted by atomic mass is 10.00. The number of alkyl halides is 1. The summed E-state index contributed by atoms with van der Waals surface area (Å²) in [5.74, 6) is -0.652. The van der Waals surface area contributed by atoms with Crippen molar-refractivity contribution in [2.24, 2.45) is 0 Å². The van der Waals surface area contributed by atoms with Gasteiger partial charge in [0.2, 0.25) is 5.43 Å². The fourth-order valence-corrected chi connectivity index (χ4v) is 2.86. The molecule has 0 unspecified atom stereocenters. The standard InChI is InChI=1S/C18H13BrF2O2/c19-9-3-8-14-16(11-4-1-5-12(20)10-11)18(22)17-13(21)6-2-7-15(17)23-14/h1-2,4-7,10H,3,8-9H2. The normalized spacial score (nSPS) is 11.1. The van der Waals surface area contributed by atoms with E-state index in [1.54, 1.807) is 12.1 Å². The Morgan fingerprint density at radius 2 is 1.87 bits per heavy atom. The first kappa shape index (κ1) is 15.9. The van der Waals surface area contributed by atoms with E-state index in [-0.39, 0.29) is 16.5 Å². The molecule has 0 N–H and O–H groups in total. The first-order valence-corrected chi connectivity index (χ1v) is 8.30. The molecule has 1 heterocycles. The van der Waals surface area contributed by atoms with Gasteiger partial charge in [0, 0.05) is 11.8 Å². The van der Waals surface area contributed by atoms with Crippen molar-refractivity contribution in [1.82, 2.24) is 0 Å². The van der Waals surface area contributed by atoms with Crippen molar-refractivity contribution in [2.45, 2.75) is 12.8 Å². The van der Waals surface area contributed by atoms with Crippen molar-refractivity contribution >= 4 is 26.9 Å². The minimum atomic E-state index is -0.638. The second-order valence-corrected chi connectivity index (χ2v) is 5.94. The summed E-state index contributed by atoms with van der Waals surface area (Å²) in [6.45, 7) is 0. The largest absolute Gasteiger partial charge is 0.460 e. The summed E-state index contributed by atoms with van der Waals surface area (Å²) in [5.41, 5.74) is 0.357. The summed E-state index contributed by atoms with van der Waals surface area (Å²) in [4.78, 5) is 12.8. The quantitative estimate of drug-likeness (QED) is 0.593. The number of aryl methyl sites for hydroxylation is 1. The van der Waals surface area contributed by atoms with Gasteiger partial charge in [-0.1, -0.05) is 34.1 Å². The van der Waals surface area contributed by atoms with Crippen molar-refractivity contribution in [3.05, 3.63) is 70.1 Å². The Morgan fingerprint density at radius 3 is 2.61 bits per heavy atom. The molecule has 0 spiro atoms. The molecule has 0 saturated carbocycles. The molecule has 2 aromatic carbocycles. The molecule has 0 fully saturated rings. The molecular weight excluding hydrogens is 366 g/mol. The van der Waals surface area contributed by atoms with E-state index in [1.165, 1.54) is 30.3 Å². The van der Waals surface area contributed by atoms with Crippen LogP contribution in [0.4, 0.5) is 8.78 Å². The van der Waals surface area contributed by atoms with E-state index in [4.69, 9.17) is 4.42 Å². The second-order valence-electron chi connectivity index (χ2n) is 5.15. The Kier molecular flexibility index (Phi) is 4.57. The molecule has 3 aromatic rings. The van der Waals surface area contributed by atoms with E-state index in [2.05, 4.69) is 15.9 Å². The average molecular weight is 379 g/mol. The van der Waals surface area contributed by atoms with Crippen LogP contribution in [0.2, 0.25) is 0 Å². The first-order chi connectivity index (χ1) is 11.1. The highest BCUT2D eigenvalue weighted by molar-refractivity contribution is 9.09. The molecule has 0 atom stereocenters. The molecule has 2 nitrogen and oxygen atoms in total. The van der Waals surface area contributed by atoms with Crippen LogP contribution in [0.1, 0.15) is 12.2 Å². The van der Waals surface area contributed by atoms with Crippen LogP contribution in [0.3, 0.4) is 0 Å². The molecule has 0 aliphatic carbocycles. The topological polar surface area (TPSA) is 30.2 Å². The summed E-state index contributed by atoms with van der Waals surface area (Å²) in [7, 11) is 0. The van der Waals surface area contributed by atoms with Gasteiger partial charge < -0.3 is 4.42 Å². The average Bonchev–Trinajstić information content (AvgIpc) is 2.52. The SMILES string of the molecule is O=c1c(-c2cccc(F)c2)c(CCCBr)oc2cccc(F)c12. The monoisotopic (exact) mass is 378 g/mol. The lowest BCUT2D eigenvalue weighted by Crippen LogP contribution is -2.11. The molecule has 23 heavy (non-hydrogen) atoms. The minimum absolute atomic E-state index is 0.102. The molecule has 0 aliphatic heterocycles. The summed E-state index contributed by atoms with van der Waals surface area (Å²) in [5, 5.41) is 0.634. The highest BCUT2D eigenvalue weighted by Gasteiger charge is 2.18. The number of fused-ring (bicyclic) bond motifs is 1. The van der Waals surface area contributed by atoms with Gasteiger partial charge in [-0.25, -0.2) is 8.78 Å². The summed E-state index contributed by atoms with van der Waals surface area (Å²) >= 11 is 3.34. The van der Waals surface area contributed by atoms with Gasteiger partial charge >= 0.3 is 0 Å². The highest BCUT2D eigenvalue weighted by atomic mass is 79.9. The fourth-order valence-electron chi connectivity index (χ4n) is 2.58. The summed E-state index contributed by atoms with van der Waals surface area (Å²) in [6, 6.07) is 9.97. The number of hydrogen-bond donors (Lipinski definition) is 0. The highest BCUT2D eigenvalue weighted by Crippen LogP contribution is 2.27. The van der Waals surface area contributed by atoms with E-state index in [9.17, 15) is 13.6 Å². The van der Waals surface area contributed by atoms with Crippen LogP contribution in [0.5, 0.6) is 0 Å². The van der Waals surface area contributed by atoms with Crippen LogP contribution < -0.4 is 5.43 Å². The summed E-state index contributed by atoms with van der Waals surface area (Å²) < 4.78 is 33.4. The van der Waals surface area contributed by atoms with Crippen molar-refractivity contribution in [3.63, 3.8) is 0 Å². The molecular formula is C18H13BrF2O2. The third-order valence-corrected chi connectivity index (χ3v) is 4.15. The van der Waals surface area contributed by atoms with E-state index in [0.717, 1.165) is 11.8 Å². The molecule has 0 bridgehead atoms. The van der Waals surface area contributed by atoms with Crippen molar-refractivity contribution in [2.75, 3.05) is 5.33 Å². The van der Waals surface area contributed by atoms with Gasteiger partial charge in [-0.3, -0.25) is 4.79 Å². The molecule has 0 radical (unpaired) electrons. The number of rotatable bonds is 4. The maximum Gasteiger partial charge on any atom is 0.203 e. The van der Waals surface area contributed by atoms with E-state index < -0.39 is 17.1 Å². The fraction of sp³-hybridized carbons (Fsp3) is 0.167. The van der Waals surface area contributed by atoms with Crippen molar-refractivity contribution < 1.29 is 13.2 Å². The van der Waals surface area contributed by atoms with Gasteiger partial charge in [0.1, 0.15) is 28.4 Å². The maximum atomic E-state index is 14.1. The van der Waals surface area contributed by atoms with Crippen LogP contribution in [-0.2, 0) is 6.42 Å². The maximum absolute atomic E-state index is 14.1. The van der Waals surface area contributed by atoms with Crippen molar-refractivity contribution in [1.29, 1.82) is 0 Å². The van der Waals surface area contributed by atoms with E-state index in [0.29, 0.717) is 17.7 Å². The molecule has 0 amide bonds. The predicted octanol–water partition coefficient (Wildman–Crippen LogP) is 5.07. The number of benzene rings is 2. The molecule has 5 heteroatoms. The Bertz CT molecular complexity index is 919. The third kappa shape index (κ3) is 3.06. The molecule has 1 aromatic heterocycles. The van der Waals surface area contributed by atoms with Crippen LogP contribution in [0, 0.1) is 11.6 Å². The van der Waals surface area contributed by atoms with Crippen LogP contribution >= 0.6 is 15.9 Å². The lowest BCUT2D eigenvalue weighted by Gasteiger charge is -2.10. The first-order valence-electron chi connectivity index (χ1n) is 7.18. The zero-order valence-corrected chi connectivity index (χ0v) is 13.7. The Morgan fingerprint density at radius 1 is 1.09 bits per heavy atom. The second kappa shape index (κ2) is 6.62. The van der Waals surface area contributed by atoms with Gasteiger partial charge in [0.25, 0.3) is 0 Å². The van der Waals surface area contributed by atoms with Crippen LogP contribution in [0.15, 0.2) is 51.7 Å².